The van der Waals surface area contributed by atoms with Gasteiger partial charge in [-0.05, 0) is 24.3 Å². The third kappa shape index (κ3) is 3.22. The second-order valence-electron chi connectivity index (χ2n) is 5.22. The number of hydrogen-bond donors (Lipinski definition) is 0. The van der Waals surface area contributed by atoms with Gasteiger partial charge in [0.15, 0.2) is 0 Å². The molecule has 1 saturated carbocycles. The van der Waals surface area contributed by atoms with Crippen molar-refractivity contribution in [3.05, 3.63) is 34.2 Å². The standard InChI is InChI=1S/C13H15BrF3NO/c14-8-12(5-1-2-6-12)9-18-7-10(13(15,16)17)3-4-11(18)19/h3-4,7H,1-2,5-6,8-9H2. The first-order chi connectivity index (χ1) is 8.86. The molecule has 1 aromatic rings. The van der Waals surface area contributed by atoms with Crippen molar-refractivity contribution in [2.24, 2.45) is 5.41 Å². The first kappa shape index (κ1) is 14.6. The molecule has 106 valence electrons. The number of alkyl halides is 4. The summed E-state index contributed by atoms with van der Waals surface area (Å²) < 4.78 is 39.2. The molecule has 1 aliphatic rings. The Hall–Kier alpha value is -0.780. The van der Waals surface area contributed by atoms with E-state index in [1.165, 1.54) is 4.57 Å². The average molecular weight is 338 g/mol. The summed E-state index contributed by atoms with van der Waals surface area (Å²) in [5.41, 5.74) is -1.23. The van der Waals surface area contributed by atoms with E-state index in [-0.39, 0.29) is 11.0 Å². The molecule has 1 aliphatic carbocycles. The lowest BCUT2D eigenvalue weighted by molar-refractivity contribution is -0.138. The van der Waals surface area contributed by atoms with Gasteiger partial charge in [-0.25, -0.2) is 0 Å². The Labute approximate surface area is 117 Å². The van der Waals surface area contributed by atoms with Gasteiger partial charge in [-0.2, -0.15) is 13.2 Å². The van der Waals surface area contributed by atoms with Crippen molar-refractivity contribution in [1.82, 2.24) is 4.57 Å². The van der Waals surface area contributed by atoms with Crippen LogP contribution in [0.4, 0.5) is 13.2 Å². The zero-order chi connectivity index (χ0) is 14.1. The van der Waals surface area contributed by atoms with E-state index < -0.39 is 11.7 Å². The predicted octanol–water partition coefficient (Wildman–Crippen LogP) is 3.82. The summed E-state index contributed by atoms with van der Waals surface area (Å²) in [6, 6.07) is 1.84. The Bertz CT molecular complexity index is 503. The van der Waals surface area contributed by atoms with Gasteiger partial charge in [0.1, 0.15) is 0 Å². The number of hydrogen-bond acceptors (Lipinski definition) is 1. The van der Waals surface area contributed by atoms with E-state index in [4.69, 9.17) is 0 Å². The minimum atomic E-state index is -4.41. The molecule has 0 aliphatic heterocycles. The normalized spacial score (nSPS) is 18.7. The molecular formula is C13H15BrF3NO. The van der Waals surface area contributed by atoms with E-state index in [0.717, 1.165) is 44.0 Å². The van der Waals surface area contributed by atoms with Gasteiger partial charge in [-0.3, -0.25) is 4.79 Å². The maximum Gasteiger partial charge on any atom is 0.417 e. The van der Waals surface area contributed by atoms with E-state index in [1.807, 2.05) is 0 Å². The van der Waals surface area contributed by atoms with Gasteiger partial charge in [0.25, 0.3) is 5.56 Å². The molecule has 19 heavy (non-hydrogen) atoms. The maximum absolute atomic E-state index is 12.7. The highest BCUT2D eigenvalue weighted by Gasteiger charge is 2.35. The summed E-state index contributed by atoms with van der Waals surface area (Å²) >= 11 is 3.44. The molecule has 1 heterocycles. The van der Waals surface area contributed by atoms with Crippen molar-refractivity contribution in [3.8, 4) is 0 Å². The number of nitrogens with zero attached hydrogens (tertiary/aromatic N) is 1. The summed E-state index contributed by atoms with van der Waals surface area (Å²) in [5, 5.41) is 0.711. The molecule has 2 nitrogen and oxygen atoms in total. The van der Waals surface area contributed by atoms with E-state index in [9.17, 15) is 18.0 Å². The van der Waals surface area contributed by atoms with Crippen molar-refractivity contribution >= 4 is 15.9 Å². The Morgan fingerprint density at radius 1 is 1.26 bits per heavy atom. The highest BCUT2D eigenvalue weighted by atomic mass is 79.9. The minimum absolute atomic E-state index is 0.0892. The second-order valence-corrected chi connectivity index (χ2v) is 5.78. The first-order valence-corrected chi connectivity index (χ1v) is 7.32. The van der Waals surface area contributed by atoms with Crippen LogP contribution >= 0.6 is 15.9 Å². The van der Waals surface area contributed by atoms with Crippen LogP contribution in [-0.4, -0.2) is 9.90 Å². The molecule has 0 amide bonds. The average Bonchev–Trinajstić information content (AvgIpc) is 2.80. The first-order valence-electron chi connectivity index (χ1n) is 6.20. The van der Waals surface area contributed by atoms with E-state index >= 15 is 0 Å². The summed E-state index contributed by atoms with van der Waals surface area (Å²) in [6.07, 6.45) is 0.554. The number of aromatic nitrogens is 1. The Balaban J connectivity index is 2.31. The van der Waals surface area contributed by atoms with Crippen molar-refractivity contribution in [3.63, 3.8) is 0 Å². The van der Waals surface area contributed by atoms with Crippen LogP contribution in [0.5, 0.6) is 0 Å². The lowest BCUT2D eigenvalue weighted by Crippen LogP contribution is -2.32. The quantitative estimate of drug-likeness (QED) is 0.768. The largest absolute Gasteiger partial charge is 0.417 e. The Morgan fingerprint density at radius 2 is 1.89 bits per heavy atom. The predicted molar refractivity (Wildman–Crippen MR) is 70.4 cm³/mol. The third-order valence-corrected chi connectivity index (χ3v) is 4.95. The number of halogens is 4. The molecular weight excluding hydrogens is 323 g/mol. The third-order valence-electron chi connectivity index (χ3n) is 3.76. The van der Waals surface area contributed by atoms with Gasteiger partial charge < -0.3 is 4.57 Å². The molecule has 0 radical (unpaired) electrons. The highest BCUT2D eigenvalue weighted by Crippen LogP contribution is 2.41. The lowest BCUT2D eigenvalue weighted by Gasteiger charge is -2.27. The molecule has 0 saturated heterocycles. The molecule has 0 N–H and O–H groups in total. The topological polar surface area (TPSA) is 22.0 Å². The van der Waals surface area contributed by atoms with Gasteiger partial charge in [-0.15, -0.1) is 0 Å². The fourth-order valence-corrected chi connectivity index (χ4v) is 3.38. The summed E-state index contributed by atoms with van der Waals surface area (Å²) in [7, 11) is 0. The molecule has 0 unspecified atom stereocenters. The highest BCUT2D eigenvalue weighted by molar-refractivity contribution is 9.09. The van der Waals surface area contributed by atoms with Crippen LogP contribution in [0.3, 0.4) is 0 Å². The van der Waals surface area contributed by atoms with Gasteiger partial charge >= 0.3 is 6.18 Å². The zero-order valence-corrected chi connectivity index (χ0v) is 11.9. The fourth-order valence-electron chi connectivity index (χ4n) is 2.64. The summed E-state index contributed by atoms with van der Waals surface area (Å²) in [4.78, 5) is 11.7. The molecule has 1 aromatic heterocycles. The van der Waals surface area contributed by atoms with Crippen LogP contribution in [0, 0.1) is 5.41 Å². The number of pyridine rings is 1. The van der Waals surface area contributed by atoms with Crippen LogP contribution in [0.25, 0.3) is 0 Å². The Kier molecular flexibility index (Phi) is 4.08. The monoisotopic (exact) mass is 337 g/mol. The molecule has 0 spiro atoms. The van der Waals surface area contributed by atoms with Crippen LogP contribution in [0.15, 0.2) is 23.1 Å². The van der Waals surface area contributed by atoms with E-state index in [0.29, 0.717) is 11.9 Å². The maximum atomic E-state index is 12.7. The SMILES string of the molecule is O=c1ccc(C(F)(F)F)cn1CC1(CBr)CCCC1. The minimum Gasteiger partial charge on any atom is -0.314 e. The van der Waals surface area contributed by atoms with Crippen molar-refractivity contribution in [1.29, 1.82) is 0 Å². The van der Waals surface area contributed by atoms with Crippen LogP contribution in [-0.2, 0) is 12.7 Å². The summed E-state index contributed by atoms with van der Waals surface area (Å²) in [5.74, 6) is 0. The molecule has 0 bridgehead atoms. The zero-order valence-electron chi connectivity index (χ0n) is 10.3. The molecule has 2 rings (SSSR count). The van der Waals surface area contributed by atoms with Crippen molar-refractivity contribution in [2.75, 3.05) is 5.33 Å². The van der Waals surface area contributed by atoms with Crippen molar-refractivity contribution in [2.45, 2.75) is 38.4 Å². The lowest BCUT2D eigenvalue weighted by atomic mass is 9.88. The van der Waals surface area contributed by atoms with Crippen molar-refractivity contribution < 1.29 is 13.2 Å². The molecule has 0 atom stereocenters. The van der Waals surface area contributed by atoms with Crippen LogP contribution in [0.1, 0.15) is 31.2 Å². The second kappa shape index (κ2) is 5.31. The Morgan fingerprint density at radius 3 is 2.42 bits per heavy atom. The molecule has 0 aromatic carbocycles. The van der Waals surface area contributed by atoms with Gasteiger partial charge in [-0.1, -0.05) is 28.8 Å². The van der Waals surface area contributed by atoms with Gasteiger partial charge in [0.2, 0.25) is 0 Å². The van der Waals surface area contributed by atoms with Crippen LogP contribution in [0.2, 0.25) is 0 Å². The number of rotatable bonds is 3. The fraction of sp³-hybridized carbons (Fsp3) is 0.615. The molecule has 1 fully saturated rings. The summed E-state index contributed by atoms with van der Waals surface area (Å²) in [6.45, 7) is 0.348. The van der Waals surface area contributed by atoms with Crippen LogP contribution < -0.4 is 5.56 Å². The van der Waals surface area contributed by atoms with Gasteiger partial charge in [0, 0.05) is 24.1 Å². The van der Waals surface area contributed by atoms with E-state index in [1.54, 1.807) is 0 Å². The smallest absolute Gasteiger partial charge is 0.314 e. The van der Waals surface area contributed by atoms with E-state index in [2.05, 4.69) is 15.9 Å². The van der Waals surface area contributed by atoms with Gasteiger partial charge in [0.05, 0.1) is 5.56 Å². The molecule has 6 heteroatoms.